The number of aromatic nitrogens is 3. The maximum Gasteiger partial charge on any atom is 0.0847 e. The summed E-state index contributed by atoms with van der Waals surface area (Å²) >= 11 is 0. The zero-order valence-electron chi connectivity index (χ0n) is 8.67. The summed E-state index contributed by atoms with van der Waals surface area (Å²) in [5.41, 5.74) is 7.63. The van der Waals surface area contributed by atoms with Crippen LogP contribution in [0, 0.1) is 0 Å². The Hall–Kier alpha value is -1.68. The van der Waals surface area contributed by atoms with Gasteiger partial charge in [-0.05, 0) is 19.1 Å². The number of para-hydroxylation sites is 1. The van der Waals surface area contributed by atoms with Gasteiger partial charge in [-0.2, -0.15) is 0 Å². The van der Waals surface area contributed by atoms with Crippen LogP contribution < -0.4 is 5.73 Å². The Labute approximate surface area is 88.7 Å². The van der Waals surface area contributed by atoms with Gasteiger partial charge in [-0.25, -0.2) is 4.68 Å². The third kappa shape index (κ3) is 2.41. The summed E-state index contributed by atoms with van der Waals surface area (Å²) in [7, 11) is 0. The van der Waals surface area contributed by atoms with Crippen molar-refractivity contribution >= 4 is 0 Å². The molecule has 1 heterocycles. The van der Waals surface area contributed by atoms with E-state index in [1.807, 2.05) is 43.5 Å². The van der Waals surface area contributed by atoms with Gasteiger partial charge in [0.15, 0.2) is 0 Å². The topological polar surface area (TPSA) is 56.7 Å². The van der Waals surface area contributed by atoms with Crippen LogP contribution in [0.25, 0.3) is 5.69 Å². The quantitative estimate of drug-likeness (QED) is 0.812. The molecule has 0 aliphatic heterocycles. The molecule has 78 valence electrons. The lowest BCUT2D eigenvalue weighted by Crippen LogP contribution is -2.17. The van der Waals surface area contributed by atoms with Gasteiger partial charge < -0.3 is 5.73 Å². The third-order valence-corrected chi connectivity index (χ3v) is 2.09. The second kappa shape index (κ2) is 4.23. The summed E-state index contributed by atoms with van der Waals surface area (Å²) in [6, 6.07) is 10.0. The molecule has 2 rings (SSSR count). The average molecular weight is 202 g/mol. The van der Waals surface area contributed by atoms with Gasteiger partial charge in [0, 0.05) is 12.5 Å². The summed E-state index contributed by atoms with van der Waals surface area (Å²) in [5, 5.41) is 8.12. The lowest BCUT2D eigenvalue weighted by atomic mass is 10.2. The monoisotopic (exact) mass is 202 g/mol. The third-order valence-electron chi connectivity index (χ3n) is 2.09. The Balaban J connectivity index is 2.21. The van der Waals surface area contributed by atoms with E-state index in [1.165, 1.54) is 0 Å². The van der Waals surface area contributed by atoms with Crippen LogP contribution in [0.3, 0.4) is 0 Å². The highest BCUT2D eigenvalue weighted by atomic mass is 15.4. The van der Waals surface area contributed by atoms with Crippen LogP contribution in [0.15, 0.2) is 36.5 Å². The van der Waals surface area contributed by atoms with Gasteiger partial charge in [0.1, 0.15) is 0 Å². The van der Waals surface area contributed by atoms with Gasteiger partial charge in [-0.15, -0.1) is 5.10 Å². The first-order valence-electron chi connectivity index (χ1n) is 4.98. The van der Waals surface area contributed by atoms with Crippen LogP contribution in [0.5, 0.6) is 0 Å². The fraction of sp³-hybridized carbons (Fsp3) is 0.273. The molecule has 2 aromatic rings. The van der Waals surface area contributed by atoms with E-state index in [1.54, 1.807) is 4.68 Å². The smallest absolute Gasteiger partial charge is 0.0847 e. The van der Waals surface area contributed by atoms with Crippen molar-refractivity contribution in [2.75, 3.05) is 0 Å². The molecule has 2 N–H and O–H groups in total. The molecule has 0 radical (unpaired) electrons. The molecule has 0 bridgehead atoms. The van der Waals surface area contributed by atoms with E-state index >= 15 is 0 Å². The van der Waals surface area contributed by atoms with Gasteiger partial charge in [0.25, 0.3) is 0 Å². The molecule has 1 atom stereocenters. The zero-order chi connectivity index (χ0) is 10.7. The minimum absolute atomic E-state index is 0.117. The maximum absolute atomic E-state index is 5.70. The van der Waals surface area contributed by atoms with Crippen molar-refractivity contribution in [2.24, 2.45) is 5.73 Å². The van der Waals surface area contributed by atoms with Crippen molar-refractivity contribution in [1.82, 2.24) is 15.0 Å². The number of nitrogens with zero attached hydrogens (tertiary/aromatic N) is 3. The van der Waals surface area contributed by atoms with Gasteiger partial charge in [-0.1, -0.05) is 23.4 Å². The molecular formula is C11H14N4. The number of hydrogen-bond acceptors (Lipinski definition) is 3. The van der Waals surface area contributed by atoms with Gasteiger partial charge in [0.05, 0.1) is 17.6 Å². The van der Waals surface area contributed by atoms with E-state index in [0.29, 0.717) is 0 Å². The Kier molecular flexibility index (Phi) is 2.78. The minimum Gasteiger partial charge on any atom is -0.328 e. The Morgan fingerprint density at radius 2 is 2.07 bits per heavy atom. The maximum atomic E-state index is 5.70. The highest BCUT2D eigenvalue weighted by Crippen LogP contribution is 2.06. The first-order chi connectivity index (χ1) is 7.25. The molecule has 1 aromatic carbocycles. The van der Waals surface area contributed by atoms with E-state index in [-0.39, 0.29) is 6.04 Å². The van der Waals surface area contributed by atoms with E-state index in [4.69, 9.17) is 5.73 Å². The van der Waals surface area contributed by atoms with E-state index in [0.717, 1.165) is 17.8 Å². The Morgan fingerprint density at radius 3 is 2.73 bits per heavy atom. The molecule has 15 heavy (non-hydrogen) atoms. The first-order valence-corrected chi connectivity index (χ1v) is 4.98. The molecule has 0 spiro atoms. The summed E-state index contributed by atoms with van der Waals surface area (Å²) in [5.74, 6) is 0. The van der Waals surface area contributed by atoms with Crippen molar-refractivity contribution in [3.8, 4) is 5.69 Å². The highest BCUT2D eigenvalue weighted by Gasteiger charge is 2.04. The van der Waals surface area contributed by atoms with Crippen LogP contribution >= 0.6 is 0 Å². The molecule has 4 nitrogen and oxygen atoms in total. The molecular weight excluding hydrogens is 188 g/mol. The summed E-state index contributed by atoms with van der Waals surface area (Å²) in [4.78, 5) is 0. The van der Waals surface area contributed by atoms with Crippen molar-refractivity contribution in [3.63, 3.8) is 0 Å². The van der Waals surface area contributed by atoms with E-state index < -0.39 is 0 Å². The van der Waals surface area contributed by atoms with Crippen molar-refractivity contribution in [2.45, 2.75) is 19.4 Å². The summed E-state index contributed by atoms with van der Waals surface area (Å²) < 4.78 is 1.76. The molecule has 0 unspecified atom stereocenters. The van der Waals surface area contributed by atoms with Crippen LogP contribution in [-0.2, 0) is 6.42 Å². The predicted octanol–water partition coefficient (Wildman–Crippen LogP) is 1.16. The number of rotatable bonds is 3. The molecule has 1 aromatic heterocycles. The van der Waals surface area contributed by atoms with Crippen molar-refractivity contribution in [3.05, 3.63) is 42.2 Å². The van der Waals surface area contributed by atoms with Crippen molar-refractivity contribution in [1.29, 1.82) is 0 Å². The lowest BCUT2D eigenvalue weighted by molar-refractivity contribution is 0.716. The van der Waals surface area contributed by atoms with E-state index in [9.17, 15) is 0 Å². The summed E-state index contributed by atoms with van der Waals surface area (Å²) in [6.45, 7) is 1.96. The molecule has 0 amide bonds. The molecule has 4 heteroatoms. The second-order valence-electron chi connectivity index (χ2n) is 3.67. The highest BCUT2D eigenvalue weighted by molar-refractivity contribution is 5.29. The van der Waals surface area contributed by atoms with Crippen LogP contribution in [-0.4, -0.2) is 21.0 Å². The number of benzene rings is 1. The fourth-order valence-electron chi connectivity index (χ4n) is 1.43. The van der Waals surface area contributed by atoms with Gasteiger partial charge in [-0.3, -0.25) is 0 Å². The first kappa shape index (κ1) is 9.86. The van der Waals surface area contributed by atoms with E-state index in [2.05, 4.69) is 10.3 Å². The van der Waals surface area contributed by atoms with Gasteiger partial charge in [0.2, 0.25) is 0 Å². The van der Waals surface area contributed by atoms with Crippen molar-refractivity contribution < 1.29 is 0 Å². The SMILES string of the molecule is C[C@@H](N)Cc1cn(-c2ccccc2)nn1. The second-order valence-corrected chi connectivity index (χ2v) is 3.67. The zero-order valence-corrected chi connectivity index (χ0v) is 8.67. The van der Waals surface area contributed by atoms with Crippen LogP contribution in [0.4, 0.5) is 0 Å². The predicted molar refractivity (Wildman–Crippen MR) is 58.7 cm³/mol. The number of nitrogens with two attached hydrogens (primary N) is 1. The summed E-state index contributed by atoms with van der Waals surface area (Å²) in [6.07, 6.45) is 2.67. The standard InChI is InChI=1S/C11H14N4/c1-9(12)7-10-8-15(14-13-10)11-5-3-2-4-6-11/h2-6,8-9H,7,12H2,1H3/t9-/m1/s1. The largest absolute Gasteiger partial charge is 0.328 e. The van der Waals surface area contributed by atoms with Crippen LogP contribution in [0.2, 0.25) is 0 Å². The Morgan fingerprint density at radius 1 is 1.33 bits per heavy atom. The molecule has 0 saturated heterocycles. The lowest BCUT2D eigenvalue weighted by Gasteiger charge is -1.99. The fourth-order valence-corrected chi connectivity index (χ4v) is 1.43. The average Bonchev–Trinajstić information content (AvgIpc) is 2.67. The molecule has 0 saturated carbocycles. The molecule has 0 fully saturated rings. The molecule has 0 aliphatic rings. The van der Waals surface area contributed by atoms with Crippen LogP contribution in [0.1, 0.15) is 12.6 Å². The molecule has 0 aliphatic carbocycles. The Bertz CT molecular complexity index is 419. The minimum atomic E-state index is 0.117. The number of hydrogen-bond donors (Lipinski definition) is 1. The van der Waals surface area contributed by atoms with Gasteiger partial charge >= 0.3 is 0 Å². The normalized spacial score (nSPS) is 12.7.